The standard InChI is InChI=1S/C24H24F6N2O/c1-14-10-18(24(28,29)30)12-21(15(14)2)31-6-8-32(9-7-31)22(33)20-13-19(20)16-4-3-5-17(11-16)23(25,26)27/h3-5,10-12,19-20H,6-9,13H2,1-2H3/t19-,20-/m0/s1. The molecule has 3 nitrogen and oxygen atoms in total. The summed E-state index contributed by atoms with van der Waals surface area (Å²) >= 11 is 0. The number of rotatable bonds is 3. The maximum absolute atomic E-state index is 13.2. The van der Waals surface area contributed by atoms with Gasteiger partial charge < -0.3 is 9.80 Å². The van der Waals surface area contributed by atoms with Crippen LogP contribution in [0.4, 0.5) is 32.0 Å². The molecule has 0 radical (unpaired) electrons. The molecule has 1 aliphatic carbocycles. The third-order valence-electron chi connectivity index (χ3n) is 6.65. The van der Waals surface area contributed by atoms with Crippen LogP contribution in [0.5, 0.6) is 0 Å². The second-order valence-electron chi connectivity index (χ2n) is 8.82. The van der Waals surface area contributed by atoms with Crippen molar-refractivity contribution in [1.82, 2.24) is 4.90 Å². The van der Waals surface area contributed by atoms with Crippen molar-refractivity contribution in [2.45, 2.75) is 38.5 Å². The first-order chi connectivity index (χ1) is 15.4. The fourth-order valence-corrected chi connectivity index (χ4v) is 4.52. The number of carbonyl (C=O) groups excluding carboxylic acids is 1. The van der Waals surface area contributed by atoms with Crippen molar-refractivity contribution in [3.63, 3.8) is 0 Å². The molecule has 0 spiro atoms. The van der Waals surface area contributed by atoms with Crippen LogP contribution in [0.1, 0.15) is 40.2 Å². The van der Waals surface area contributed by atoms with E-state index in [9.17, 15) is 31.1 Å². The van der Waals surface area contributed by atoms with Crippen LogP contribution in [0.15, 0.2) is 36.4 Å². The number of aryl methyl sites for hydroxylation is 1. The van der Waals surface area contributed by atoms with Crippen LogP contribution < -0.4 is 4.90 Å². The Balaban J connectivity index is 1.41. The molecular formula is C24H24F6N2O. The number of hydrogen-bond donors (Lipinski definition) is 0. The number of carbonyl (C=O) groups is 1. The summed E-state index contributed by atoms with van der Waals surface area (Å²) in [5, 5.41) is 0. The maximum Gasteiger partial charge on any atom is 0.416 e. The zero-order chi connectivity index (χ0) is 24.1. The molecule has 2 fully saturated rings. The van der Waals surface area contributed by atoms with Crippen molar-refractivity contribution in [2.24, 2.45) is 5.92 Å². The molecule has 1 amide bonds. The van der Waals surface area contributed by atoms with E-state index in [2.05, 4.69) is 0 Å². The van der Waals surface area contributed by atoms with Crippen LogP contribution in [0.2, 0.25) is 0 Å². The summed E-state index contributed by atoms with van der Waals surface area (Å²) in [6, 6.07) is 7.39. The molecule has 1 saturated heterocycles. The van der Waals surface area contributed by atoms with Crippen molar-refractivity contribution in [3.8, 4) is 0 Å². The van der Waals surface area contributed by atoms with Crippen LogP contribution in [-0.2, 0) is 17.1 Å². The van der Waals surface area contributed by atoms with E-state index in [0.29, 0.717) is 49.4 Å². The van der Waals surface area contributed by atoms with E-state index in [4.69, 9.17) is 0 Å². The Morgan fingerprint density at radius 1 is 0.879 bits per heavy atom. The first-order valence-corrected chi connectivity index (χ1v) is 10.8. The number of halogens is 6. The smallest absolute Gasteiger partial charge is 0.368 e. The van der Waals surface area contributed by atoms with E-state index in [1.54, 1.807) is 24.8 Å². The number of nitrogens with zero attached hydrogens (tertiary/aromatic N) is 2. The van der Waals surface area contributed by atoms with E-state index >= 15 is 0 Å². The minimum Gasteiger partial charge on any atom is -0.368 e. The Bertz CT molecular complexity index is 1050. The van der Waals surface area contributed by atoms with E-state index in [-0.39, 0.29) is 17.7 Å². The maximum atomic E-state index is 13.2. The number of anilines is 1. The van der Waals surface area contributed by atoms with E-state index in [1.165, 1.54) is 6.07 Å². The van der Waals surface area contributed by atoms with Gasteiger partial charge in [-0.15, -0.1) is 0 Å². The predicted molar refractivity (Wildman–Crippen MR) is 112 cm³/mol. The fraction of sp³-hybridized carbons (Fsp3) is 0.458. The molecule has 0 N–H and O–H groups in total. The third kappa shape index (κ3) is 4.82. The van der Waals surface area contributed by atoms with Gasteiger partial charge in [-0.3, -0.25) is 4.79 Å². The molecule has 2 atom stereocenters. The van der Waals surface area contributed by atoms with Crippen LogP contribution in [0, 0.1) is 19.8 Å². The van der Waals surface area contributed by atoms with Gasteiger partial charge in [0.1, 0.15) is 0 Å². The van der Waals surface area contributed by atoms with Gasteiger partial charge in [-0.2, -0.15) is 26.3 Å². The summed E-state index contributed by atoms with van der Waals surface area (Å²) in [6.45, 7) is 4.95. The predicted octanol–water partition coefficient (Wildman–Crippen LogP) is 5.79. The zero-order valence-corrected chi connectivity index (χ0v) is 18.2. The molecule has 1 heterocycles. The lowest BCUT2D eigenvalue weighted by Gasteiger charge is -2.37. The summed E-state index contributed by atoms with van der Waals surface area (Å²) in [4.78, 5) is 16.4. The van der Waals surface area contributed by atoms with Crippen LogP contribution in [-0.4, -0.2) is 37.0 Å². The molecule has 0 aromatic heterocycles. The second kappa shape index (κ2) is 8.25. The van der Waals surface area contributed by atoms with E-state index in [1.807, 2.05) is 4.90 Å². The summed E-state index contributed by atoms with van der Waals surface area (Å²) in [7, 11) is 0. The molecule has 9 heteroatoms. The van der Waals surface area contributed by atoms with Gasteiger partial charge in [0.15, 0.2) is 0 Å². The van der Waals surface area contributed by atoms with Gasteiger partial charge in [0.05, 0.1) is 11.1 Å². The van der Waals surface area contributed by atoms with Crippen molar-refractivity contribution in [2.75, 3.05) is 31.1 Å². The Kier molecular flexibility index (Phi) is 5.87. The van der Waals surface area contributed by atoms with Gasteiger partial charge in [0.25, 0.3) is 0 Å². The molecule has 178 valence electrons. The highest BCUT2D eigenvalue weighted by molar-refractivity contribution is 5.83. The average molecular weight is 470 g/mol. The highest BCUT2D eigenvalue weighted by Crippen LogP contribution is 2.49. The Morgan fingerprint density at radius 3 is 2.12 bits per heavy atom. The van der Waals surface area contributed by atoms with Crippen molar-refractivity contribution in [3.05, 3.63) is 64.2 Å². The highest BCUT2D eigenvalue weighted by Gasteiger charge is 2.46. The number of piperazine rings is 1. The van der Waals surface area contributed by atoms with Crippen molar-refractivity contribution < 1.29 is 31.1 Å². The Labute approximate surface area is 188 Å². The summed E-state index contributed by atoms with van der Waals surface area (Å²) in [5.74, 6) is -0.683. The molecule has 2 aromatic carbocycles. The number of benzene rings is 2. The summed E-state index contributed by atoms with van der Waals surface area (Å²) in [5.41, 5.74) is 0.939. The minimum absolute atomic E-state index is 0.103. The van der Waals surface area contributed by atoms with Gasteiger partial charge >= 0.3 is 12.4 Å². The lowest BCUT2D eigenvalue weighted by Crippen LogP contribution is -2.49. The molecule has 1 aliphatic heterocycles. The lowest BCUT2D eigenvalue weighted by molar-refractivity contribution is -0.138. The van der Waals surface area contributed by atoms with Gasteiger partial charge in [-0.1, -0.05) is 18.2 Å². The molecule has 33 heavy (non-hydrogen) atoms. The van der Waals surface area contributed by atoms with Gasteiger partial charge in [-0.25, -0.2) is 0 Å². The van der Waals surface area contributed by atoms with Crippen LogP contribution >= 0.6 is 0 Å². The van der Waals surface area contributed by atoms with E-state index in [0.717, 1.165) is 29.8 Å². The first kappa shape index (κ1) is 23.4. The molecule has 4 rings (SSSR count). The van der Waals surface area contributed by atoms with Crippen molar-refractivity contribution >= 4 is 11.6 Å². The fourth-order valence-electron chi connectivity index (χ4n) is 4.52. The molecule has 2 aromatic rings. The van der Waals surface area contributed by atoms with Gasteiger partial charge in [-0.05, 0) is 61.1 Å². The van der Waals surface area contributed by atoms with E-state index < -0.39 is 23.5 Å². The molecule has 0 unspecified atom stereocenters. The Hall–Kier alpha value is -2.71. The topological polar surface area (TPSA) is 23.6 Å². The average Bonchev–Trinajstić information content (AvgIpc) is 3.55. The number of alkyl halides is 6. The largest absolute Gasteiger partial charge is 0.416 e. The molecule has 0 bridgehead atoms. The van der Waals surface area contributed by atoms with Crippen LogP contribution in [0.25, 0.3) is 0 Å². The quantitative estimate of drug-likeness (QED) is 0.530. The molecule has 1 saturated carbocycles. The molecule has 2 aliphatic rings. The molecular weight excluding hydrogens is 446 g/mol. The highest BCUT2D eigenvalue weighted by atomic mass is 19.4. The van der Waals surface area contributed by atoms with Crippen molar-refractivity contribution in [1.29, 1.82) is 0 Å². The second-order valence-corrected chi connectivity index (χ2v) is 8.82. The normalized spacial score (nSPS) is 21.3. The number of amides is 1. The zero-order valence-electron chi connectivity index (χ0n) is 18.2. The summed E-state index contributed by atoms with van der Waals surface area (Å²) in [6.07, 6.45) is -8.36. The minimum atomic E-state index is -4.44. The third-order valence-corrected chi connectivity index (χ3v) is 6.65. The monoisotopic (exact) mass is 470 g/mol. The van der Waals surface area contributed by atoms with Gasteiger partial charge in [0.2, 0.25) is 5.91 Å². The van der Waals surface area contributed by atoms with Gasteiger partial charge in [0, 0.05) is 37.8 Å². The van der Waals surface area contributed by atoms with Crippen LogP contribution in [0.3, 0.4) is 0 Å². The first-order valence-electron chi connectivity index (χ1n) is 10.8. The lowest BCUT2D eigenvalue weighted by atomic mass is 10.0. The number of hydrogen-bond acceptors (Lipinski definition) is 2. The SMILES string of the molecule is Cc1cc(C(F)(F)F)cc(N2CCN(C(=O)[C@H]3C[C@H]3c3cccc(C(F)(F)F)c3)CC2)c1C. The summed E-state index contributed by atoms with van der Waals surface area (Å²) < 4.78 is 78.7. The Morgan fingerprint density at radius 2 is 1.52 bits per heavy atom.